The summed E-state index contributed by atoms with van der Waals surface area (Å²) >= 11 is 7.39. The quantitative estimate of drug-likeness (QED) is 0.778. The molecular formula is C17H15ClN2O2S. The number of halogens is 1. The van der Waals surface area contributed by atoms with Gasteiger partial charge in [-0.15, -0.1) is 11.3 Å². The van der Waals surface area contributed by atoms with Gasteiger partial charge in [0.2, 0.25) is 0 Å². The van der Waals surface area contributed by atoms with Crippen LogP contribution in [0.5, 0.6) is 0 Å². The van der Waals surface area contributed by atoms with Crippen LogP contribution in [-0.4, -0.2) is 22.3 Å². The third-order valence-electron chi connectivity index (χ3n) is 3.63. The smallest absolute Gasteiger partial charge is 0.270 e. The van der Waals surface area contributed by atoms with E-state index >= 15 is 0 Å². The van der Waals surface area contributed by atoms with E-state index in [1.807, 2.05) is 31.2 Å². The second-order valence-electron chi connectivity index (χ2n) is 5.12. The molecule has 4 nitrogen and oxygen atoms in total. The van der Waals surface area contributed by atoms with E-state index in [0.29, 0.717) is 28.5 Å². The first-order chi connectivity index (χ1) is 11.1. The molecule has 3 rings (SSSR count). The highest BCUT2D eigenvalue weighted by Gasteiger charge is 2.17. The van der Waals surface area contributed by atoms with Crippen LogP contribution in [0.15, 0.2) is 47.3 Å². The van der Waals surface area contributed by atoms with Crippen LogP contribution in [0, 0.1) is 0 Å². The standard InChI is InChI=1S/C17H15ClN2O2S/c1-2-20(10-12-7-8-15(18)23-12)17(22)14-9-11-5-3-4-6-13(11)16(21)19-14/h3-9H,2,10H2,1H3,(H,19,21). The Balaban J connectivity index is 1.93. The van der Waals surface area contributed by atoms with Crippen molar-refractivity contribution < 1.29 is 4.79 Å². The van der Waals surface area contributed by atoms with Crippen molar-refractivity contribution in [3.8, 4) is 0 Å². The average Bonchev–Trinajstić information content (AvgIpc) is 2.97. The van der Waals surface area contributed by atoms with E-state index < -0.39 is 0 Å². The number of pyridine rings is 1. The predicted molar refractivity (Wildman–Crippen MR) is 94.3 cm³/mol. The van der Waals surface area contributed by atoms with E-state index in [-0.39, 0.29) is 11.5 Å². The van der Waals surface area contributed by atoms with Crippen molar-refractivity contribution in [1.29, 1.82) is 0 Å². The summed E-state index contributed by atoms with van der Waals surface area (Å²) in [5, 5.41) is 1.34. The molecule has 2 aromatic heterocycles. The molecule has 0 atom stereocenters. The van der Waals surface area contributed by atoms with Crippen LogP contribution in [0.4, 0.5) is 0 Å². The van der Waals surface area contributed by atoms with Crippen LogP contribution in [0.3, 0.4) is 0 Å². The fourth-order valence-electron chi connectivity index (χ4n) is 2.45. The van der Waals surface area contributed by atoms with Crippen molar-refractivity contribution >= 4 is 39.6 Å². The minimum Gasteiger partial charge on any atom is -0.333 e. The van der Waals surface area contributed by atoms with E-state index in [9.17, 15) is 9.59 Å². The number of thiophene rings is 1. The number of nitrogens with one attached hydrogen (secondary N) is 1. The Kier molecular flexibility index (Phi) is 4.50. The van der Waals surface area contributed by atoms with Gasteiger partial charge in [-0.05, 0) is 36.6 Å². The van der Waals surface area contributed by atoms with Crippen molar-refractivity contribution in [3.63, 3.8) is 0 Å². The summed E-state index contributed by atoms with van der Waals surface area (Å²) in [6.07, 6.45) is 0. The number of benzene rings is 1. The molecule has 0 aliphatic carbocycles. The molecule has 0 fully saturated rings. The number of rotatable bonds is 4. The molecule has 23 heavy (non-hydrogen) atoms. The van der Waals surface area contributed by atoms with Crippen LogP contribution in [-0.2, 0) is 6.54 Å². The third-order valence-corrected chi connectivity index (χ3v) is 4.84. The fraction of sp³-hybridized carbons (Fsp3) is 0.176. The molecule has 0 aliphatic heterocycles. The van der Waals surface area contributed by atoms with E-state index in [2.05, 4.69) is 4.98 Å². The van der Waals surface area contributed by atoms with E-state index in [0.717, 1.165) is 10.3 Å². The first kappa shape index (κ1) is 15.8. The highest BCUT2D eigenvalue weighted by atomic mass is 35.5. The number of carbonyl (C=O) groups excluding carboxylic acids is 1. The van der Waals surface area contributed by atoms with E-state index in [1.165, 1.54) is 11.3 Å². The summed E-state index contributed by atoms with van der Waals surface area (Å²) in [7, 11) is 0. The maximum atomic E-state index is 12.7. The summed E-state index contributed by atoms with van der Waals surface area (Å²) in [5.41, 5.74) is 0.0554. The Labute approximate surface area is 142 Å². The molecule has 0 saturated heterocycles. The normalized spacial score (nSPS) is 10.9. The lowest BCUT2D eigenvalue weighted by Gasteiger charge is -2.20. The van der Waals surface area contributed by atoms with Gasteiger partial charge in [0, 0.05) is 16.8 Å². The average molecular weight is 347 g/mol. The zero-order valence-corrected chi connectivity index (χ0v) is 14.1. The van der Waals surface area contributed by atoms with Crippen LogP contribution in [0.25, 0.3) is 10.8 Å². The van der Waals surface area contributed by atoms with Crippen molar-refractivity contribution in [1.82, 2.24) is 9.88 Å². The molecule has 0 unspecified atom stereocenters. The molecular weight excluding hydrogens is 332 g/mol. The minimum atomic E-state index is -0.248. The zero-order valence-electron chi connectivity index (χ0n) is 12.5. The predicted octanol–water partition coefficient (Wildman–Crippen LogP) is 3.91. The van der Waals surface area contributed by atoms with E-state index in [1.54, 1.807) is 23.1 Å². The SMILES string of the molecule is CCN(Cc1ccc(Cl)s1)C(=O)c1cc2ccccc2c(=O)[nH]1. The third kappa shape index (κ3) is 3.30. The van der Waals surface area contributed by atoms with Gasteiger partial charge in [0.1, 0.15) is 5.69 Å². The van der Waals surface area contributed by atoms with Crippen molar-refractivity contribution in [2.75, 3.05) is 6.54 Å². The molecule has 0 bridgehead atoms. The largest absolute Gasteiger partial charge is 0.333 e. The molecule has 1 aromatic carbocycles. The van der Waals surface area contributed by atoms with Crippen molar-refractivity contribution in [3.05, 3.63) is 67.7 Å². The molecule has 1 amide bonds. The summed E-state index contributed by atoms with van der Waals surface area (Å²) in [6.45, 7) is 2.93. The second-order valence-corrected chi connectivity index (χ2v) is 6.92. The molecule has 118 valence electrons. The first-order valence-electron chi connectivity index (χ1n) is 7.24. The molecule has 0 saturated carbocycles. The topological polar surface area (TPSA) is 53.2 Å². The summed E-state index contributed by atoms with van der Waals surface area (Å²) in [5.74, 6) is -0.195. The lowest BCUT2D eigenvalue weighted by atomic mass is 10.1. The van der Waals surface area contributed by atoms with Gasteiger partial charge < -0.3 is 9.88 Å². The summed E-state index contributed by atoms with van der Waals surface area (Å²) in [6, 6.07) is 12.7. The Morgan fingerprint density at radius 2 is 2.04 bits per heavy atom. The highest BCUT2D eigenvalue weighted by Crippen LogP contribution is 2.23. The van der Waals surface area contributed by atoms with Crippen LogP contribution in [0.2, 0.25) is 4.34 Å². The van der Waals surface area contributed by atoms with Gasteiger partial charge in [0.25, 0.3) is 11.5 Å². The Hall–Kier alpha value is -2.11. The summed E-state index contributed by atoms with van der Waals surface area (Å²) in [4.78, 5) is 30.2. The maximum Gasteiger partial charge on any atom is 0.270 e. The Bertz CT molecular complexity index is 916. The lowest BCUT2D eigenvalue weighted by molar-refractivity contribution is 0.0748. The number of hydrogen-bond acceptors (Lipinski definition) is 3. The van der Waals surface area contributed by atoms with Gasteiger partial charge in [0.05, 0.1) is 10.9 Å². The number of aromatic nitrogens is 1. The molecule has 1 N–H and O–H groups in total. The number of aromatic amines is 1. The van der Waals surface area contributed by atoms with Crippen molar-refractivity contribution in [2.45, 2.75) is 13.5 Å². The molecule has 2 heterocycles. The van der Waals surface area contributed by atoms with Gasteiger partial charge in [-0.3, -0.25) is 9.59 Å². The van der Waals surface area contributed by atoms with Gasteiger partial charge in [-0.1, -0.05) is 29.8 Å². The van der Waals surface area contributed by atoms with E-state index in [4.69, 9.17) is 11.6 Å². The number of amides is 1. The molecule has 0 radical (unpaired) electrons. The number of carbonyl (C=O) groups is 1. The minimum absolute atomic E-state index is 0.195. The van der Waals surface area contributed by atoms with Gasteiger partial charge >= 0.3 is 0 Å². The van der Waals surface area contributed by atoms with Crippen molar-refractivity contribution in [2.24, 2.45) is 0 Å². The Morgan fingerprint density at radius 1 is 1.26 bits per heavy atom. The second kappa shape index (κ2) is 6.56. The number of H-pyrrole nitrogens is 1. The zero-order chi connectivity index (χ0) is 16.4. The number of hydrogen-bond donors (Lipinski definition) is 1. The van der Waals surface area contributed by atoms with Gasteiger partial charge in [-0.25, -0.2) is 0 Å². The number of fused-ring (bicyclic) bond motifs is 1. The van der Waals surface area contributed by atoms with Crippen LogP contribution < -0.4 is 5.56 Å². The lowest BCUT2D eigenvalue weighted by Crippen LogP contribution is -2.31. The summed E-state index contributed by atoms with van der Waals surface area (Å²) < 4.78 is 0.697. The van der Waals surface area contributed by atoms with Gasteiger partial charge in [-0.2, -0.15) is 0 Å². The van der Waals surface area contributed by atoms with Gasteiger partial charge in [0.15, 0.2) is 0 Å². The number of nitrogens with zero attached hydrogens (tertiary/aromatic N) is 1. The monoisotopic (exact) mass is 346 g/mol. The molecule has 0 aliphatic rings. The Morgan fingerprint density at radius 3 is 2.74 bits per heavy atom. The fourth-order valence-corrected chi connectivity index (χ4v) is 3.55. The van der Waals surface area contributed by atoms with Crippen LogP contribution in [0.1, 0.15) is 22.3 Å². The molecule has 3 aromatic rings. The van der Waals surface area contributed by atoms with Crippen LogP contribution >= 0.6 is 22.9 Å². The molecule has 0 spiro atoms. The highest BCUT2D eigenvalue weighted by molar-refractivity contribution is 7.16. The maximum absolute atomic E-state index is 12.7. The first-order valence-corrected chi connectivity index (χ1v) is 8.43. The molecule has 6 heteroatoms.